The van der Waals surface area contributed by atoms with Gasteiger partial charge in [0.2, 0.25) is 12.2 Å². The first-order chi connectivity index (χ1) is 11.8. The Morgan fingerprint density at radius 1 is 1.35 bits per heavy atom. The summed E-state index contributed by atoms with van der Waals surface area (Å²) in [4.78, 5) is 13.2. The summed E-state index contributed by atoms with van der Waals surface area (Å²) in [5, 5.41) is 8.94. The quantitative estimate of drug-likeness (QED) is 0.693. The molecule has 0 spiro atoms. The van der Waals surface area contributed by atoms with Crippen molar-refractivity contribution in [2.24, 2.45) is 0 Å². The molecule has 1 heterocycles. The third-order valence-electron chi connectivity index (χ3n) is 4.27. The van der Waals surface area contributed by atoms with Crippen LogP contribution in [0, 0.1) is 6.92 Å². The fraction of sp³-hybridized carbons (Fsp3) is 0.611. The summed E-state index contributed by atoms with van der Waals surface area (Å²) >= 11 is 10.0. The lowest BCUT2D eigenvalue weighted by molar-refractivity contribution is -0.314. The van der Waals surface area contributed by atoms with Gasteiger partial charge in [0, 0.05) is 13.3 Å². The maximum Gasteiger partial charge on any atom is 0.335 e. The van der Waals surface area contributed by atoms with Gasteiger partial charge in [0.1, 0.15) is 5.75 Å². The predicted octanol–water partition coefficient (Wildman–Crippen LogP) is 4.22. The lowest BCUT2D eigenvalue weighted by atomic mass is 9.98. The molecule has 0 saturated carbocycles. The molecule has 0 aliphatic carbocycles. The SMILES string of the molecule is Cc1cc(C(=O)O)cc(OC2(C)C[C@H](Cl)C(C)(C)OC(N(C)C)O2)c1Br. The number of carboxylic acids is 1. The highest BCUT2D eigenvalue weighted by molar-refractivity contribution is 9.10. The van der Waals surface area contributed by atoms with Gasteiger partial charge in [0.25, 0.3) is 0 Å². The van der Waals surface area contributed by atoms with E-state index in [4.69, 9.17) is 25.8 Å². The van der Waals surface area contributed by atoms with Crippen LogP contribution in [0.5, 0.6) is 5.75 Å². The number of halogens is 2. The summed E-state index contributed by atoms with van der Waals surface area (Å²) in [5.74, 6) is -1.75. The van der Waals surface area contributed by atoms with Crippen LogP contribution >= 0.6 is 27.5 Å². The third kappa shape index (κ3) is 4.70. The standard InChI is InChI=1S/C18H25BrClNO5/c1-10-7-11(15(22)23)8-12(14(10)19)24-18(4)9-13(20)17(2,3)25-16(26-18)21(5)6/h7-8,13,16H,9H2,1-6H3,(H,22,23)/t13-,16?,18?/m0/s1. The van der Waals surface area contributed by atoms with Crippen LogP contribution in [0.4, 0.5) is 0 Å². The van der Waals surface area contributed by atoms with Crippen molar-refractivity contribution in [1.82, 2.24) is 4.90 Å². The Labute approximate surface area is 167 Å². The summed E-state index contributed by atoms with van der Waals surface area (Å²) in [6.07, 6.45) is -0.310. The Bertz CT molecular complexity index is 696. The zero-order chi connectivity index (χ0) is 19.9. The molecule has 8 heteroatoms. The number of benzene rings is 1. The summed E-state index contributed by atoms with van der Waals surface area (Å²) in [5.41, 5.74) is 0.259. The Morgan fingerprint density at radius 2 is 1.96 bits per heavy atom. The molecule has 1 fully saturated rings. The van der Waals surface area contributed by atoms with Crippen LogP contribution in [0.3, 0.4) is 0 Å². The van der Waals surface area contributed by atoms with E-state index in [2.05, 4.69) is 15.9 Å². The van der Waals surface area contributed by atoms with E-state index in [9.17, 15) is 9.90 Å². The molecule has 6 nitrogen and oxygen atoms in total. The lowest BCUT2D eigenvalue weighted by Gasteiger charge is -2.34. The molecule has 2 unspecified atom stereocenters. The van der Waals surface area contributed by atoms with E-state index in [0.29, 0.717) is 16.6 Å². The van der Waals surface area contributed by atoms with Crippen LogP contribution in [-0.4, -0.2) is 53.3 Å². The lowest BCUT2D eigenvalue weighted by Crippen LogP contribution is -2.44. The zero-order valence-corrected chi connectivity index (χ0v) is 18.1. The smallest absolute Gasteiger partial charge is 0.335 e. The number of carbonyl (C=O) groups is 1. The van der Waals surface area contributed by atoms with Crippen molar-refractivity contribution in [3.8, 4) is 5.75 Å². The number of ether oxygens (including phenoxy) is 3. The highest BCUT2D eigenvalue weighted by atomic mass is 79.9. The van der Waals surface area contributed by atoms with Crippen molar-refractivity contribution in [3.05, 3.63) is 27.7 Å². The average molecular weight is 451 g/mol. The average Bonchev–Trinajstić information content (AvgIpc) is 2.58. The van der Waals surface area contributed by atoms with Gasteiger partial charge in [-0.3, -0.25) is 9.64 Å². The van der Waals surface area contributed by atoms with Gasteiger partial charge in [0.05, 0.1) is 21.0 Å². The molecule has 26 heavy (non-hydrogen) atoms. The fourth-order valence-corrected chi connectivity index (χ4v) is 3.28. The van der Waals surface area contributed by atoms with E-state index in [-0.39, 0.29) is 10.9 Å². The van der Waals surface area contributed by atoms with E-state index in [1.165, 1.54) is 6.07 Å². The van der Waals surface area contributed by atoms with Gasteiger partial charge in [-0.2, -0.15) is 0 Å². The maximum atomic E-state index is 11.4. The first kappa shape index (κ1) is 21.4. The van der Waals surface area contributed by atoms with Crippen LogP contribution in [-0.2, 0) is 9.47 Å². The van der Waals surface area contributed by atoms with Crippen LogP contribution in [0.2, 0.25) is 0 Å². The van der Waals surface area contributed by atoms with Crippen molar-refractivity contribution in [2.75, 3.05) is 14.1 Å². The Kier molecular flexibility index (Phi) is 6.30. The molecule has 0 aromatic heterocycles. The molecule has 0 bridgehead atoms. The van der Waals surface area contributed by atoms with Crippen molar-refractivity contribution in [2.45, 2.75) is 57.3 Å². The largest absolute Gasteiger partial charge is 0.478 e. The molecule has 3 atom stereocenters. The van der Waals surface area contributed by atoms with Crippen LogP contribution in [0.25, 0.3) is 0 Å². The summed E-state index contributed by atoms with van der Waals surface area (Å²) in [7, 11) is 3.67. The van der Waals surface area contributed by atoms with Crippen molar-refractivity contribution in [1.29, 1.82) is 0 Å². The molecular weight excluding hydrogens is 426 g/mol. The zero-order valence-electron chi connectivity index (χ0n) is 15.8. The number of aromatic carboxylic acids is 1. The number of hydrogen-bond acceptors (Lipinski definition) is 5. The molecule has 1 N–H and O–H groups in total. The molecule has 2 rings (SSSR count). The van der Waals surface area contributed by atoms with E-state index < -0.39 is 23.8 Å². The topological polar surface area (TPSA) is 68.2 Å². The van der Waals surface area contributed by atoms with Crippen LogP contribution in [0.15, 0.2) is 16.6 Å². The number of carboxylic acid groups (broad SMARTS) is 1. The molecule has 1 aromatic rings. The van der Waals surface area contributed by atoms with E-state index in [0.717, 1.165) is 5.56 Å². The normalized spacial score (nSPS) is 28.7. The van der Waals surface area contributed by atoms with Gasteiger partial charge in [-0.1, -0.05) is 0 Å². The van der Waals surface area contributed by atoms with Gasteiger partial charge in [-0.25, -0.2) is 4.79 Å². The van der Waals surface area contributed by atoms with E-state index in [1.807, 2.05) is 27.9 Å². The second-order valence-corrected chi connectivity index (χ2v) is 8.75. The monoisotopic (exact) mass is 449 g/mol. The van der Waals surface area contributed by atoms with Gasteiger partial charge < -0.3 is 14.6 Å². The summed E-state index contributed by atoms with van der Waals surface area (Å²) in [6.45, 7) is 7.39. The first-order valence-corrected chi connectivity index (χ1v) is 9.46. The second-order valence-electron chi connectivity index (χ2n) is 7.43. The molecule has 0 amide bonds. The molecule has 0 radical (unpaired) electrons. The number of hydrogen-bond donors (Lipinski definition) is 1. The molecule has 146 valence electrons. The fourth-order valence-electron chi connectivity index (χ4n) is 2.63. The Morgan fingerprint density at radius 3 is 2.50 bits per heavy atom. The molecule has 1 aromatic carbocycles. The number of rotatable bonds is 4. The molecule has 1 saturated heterocycles. The minimum Gasteiger partial charge on any atom is -0.478 e. The van der Waals surface area contributed by atoms with Gasteiger partial charge in [-0.05, 0) is 68.5 Å². The van der Waals surface area contributed by atoms with Crippen LogP contribution in [0.1, 0.15) is 43.1 Å². The van der Waals surface area contributed by atoms with Gasteiger partial charge in [-0.15, -0.1) is 11.6 Å². The number of alkyl halides is 1. The van der Waals surface area contributed by atoms with Crippen molar-refractivity contribution in [3.63, 3.8) is 0 Å². The minimum atomic E-state index is -1.11. The highest BCUT2D eigenvalue weighted by Crippen LogP contribution is 2.40. The second kappa shape index (κ2) is 7.64. The third-order valence-corrected chi connectivity index (χ3v) is 5.97. The Hall–Kier alpha value is -0.860. The summed E-state index contributed by atoms with van der Waals surface area (Å²) < 4.78 is 18.9. The minimum absolute atomic E-state index is 0.140. The molecular formula is C18H25BrClNO5. The van der Waals surface area contributed by atoms with Crippen molar-refractivity contribution >= 4 is 33.5 Å². The maximum absolute atomic E-state index is 11.4. The van der Waals surface area contributed by atoms with Gasteiger partial charge >= 0.3 is 5.97 Å². The number of nitrogens with zero attached hydrogens (tertiary/aromatic N) is 1. The number of aryl methyl sites for hydroxylation is 1. The predicted molar refractivity (Wildman–Crippen MR) is 103 cm³/mol. The van der Waals surface area contributed by atoms with E-state index >= 15 is 0 Å². The molecule has 1 aliphatic heterocycles. The van der Waals surface area contributed by atoms with E-state index in [1.54, 1.807) is 24.8 Å². The Balaban J connectivity index is 2.41. The first-order valence-electron chi connectivity index (χ1n) is 8.23. The van der Waals surface area contributed by atoms with Crippen LogP contribution < -0.4 is 4.74 Å². The van der Waals surface area contributed by atoms with Crippen molar-refractivity contribution < 1.29 is 24.1 Å². The highest BCUT2D eigenvalue weighted by Gasteiger charge is 2.46. The van der Waals surface area contributed by atoms with Gasteiger partial charge in [0.15, 0.2) is 0 Å². The molecule has 1 aliphatic rings. The summed E-state index contributed by atoms with van der Waals surface area (Å²) in [6, 6.07) is 3.05.